The molecule has 0 heterocycles. The second kappa shape index (κ2) is 4.13. The second-order valence-corrected chi connectivity index (χ2v) is 1.91. The first kappa shape index (κ1) is 6.96. The molecule has 0 aliphatic carbocycles. The summed E-state index contributed by atoms with van der Waals surface area (Å²) < 4.78 is 0. The van der Waals surface area contributed by atoms with Gasteiger partial charge in [0.2, 0.25) is 0 Å². The standard InChI is InChI=1S/C6H15N/c1-4-6(5-2)7-3/h6-7H,4-5H2,1-3H3/p+1. The highest BCUT2D eigenvalue weighted by atomic mass is 14.9. The van der Waals surface area contributed by atoms with Gasteiger partial charge in [-0.25, -0.2) is 0 Å². The molecule has 0 aliphatic heterocycles. The Labute approximate surface area is 46.1 Å². The van der Waals surface area contributed by atoms with E-state index in [2.05, 4.69) is 26.2 Å². The summed E-state index contributed by atoms with van der Waals surface area (Å²) in [7, 11) is 2.14. The van der Waals surface area contributed by atoms with Gasteiger partial charge in [0.05, 0.1) is 13.1 Å². The molecule has 0 aliphatic rings. The van der Waals surface area contributed by atoms with Crippen LogP contribution in [0.5, 0.6) is 0 Å². The second-order valence-electron chi connectivity index (χ2n) is 1.91. The van der Waals surface area contributed by atoms with E-state index in [0.29, 0.717) is 0 Å². The summed E-state index contributed by atoms with van der Waals surface area (Å²) in [5, 5.41) is 2.28. The summed E-state index contributed by atoms with van der Waals surface area (Å²) in [6.45, 7) is 4.46. The maximum atomic E-state index is 2.28. The minimum absolute atomic E-state index is 0.861. The zero-order valence-corrected chi connectivity index (χ0v) is 5.57. The van der Waals surface area contributed by atoms with E-state index in [1.807, 2.05) is 0 Å². The van der Waals surface area contributed by atoms with Crippen LogP contribution in [0.1, 0.15) is 26.7 Å². The van der Waals surface area contributed by atoms with Crippen LogP contribution >= 0.6 is 0 Å². The lowest BCUT2D eigenvalue weighted by molar-refractivity contribution is -0.663. The molecular weight excluding hydrogens is 86.1 g/mol. The van der Waals surface area contributed by atoms with Crippen molar-refractivity contribution in [3.63, 3.8) is 0 Å². The molecular formula is C6H16N+. The predicted octanol–water partition coefficient (Wildman–Crippen LogP) is 0.368. The van der Waals surface area contributed by atoms with E-state index in [1.54, 1.807) is 0 Å². The molecule has 7 heavy (non-hydrogen) atoms. The van der Waals surface area contributed by atoms with Crippen LogP contribution in [0.3, 0.4) is 0 Å². The topological polar surface area (TPSA) is 16.6 Å². The van der Waals surface area contributed by atoms with Gasteiger partial charge in [0, 0.05) is 0 Å². The first-order valence-corrected chi connectivity index (χ1v) is 3.14. The van der Waals surface area contributed by atoms with E-state index >= 15 is 0 Å². The summed E-state index contributed by atoms with van der Waals surface area (Å²) >= 11 is 0. The normalized spacial score (nSPS) is 10.3. The fraction of sp³-hybridized carbons (Fsp3) is 1.00. The van der Waals surface area contributed by atoms with E-state index in [0.717, 1.165) is 6.04 Å². The molecule has 0 spiro atoms. The van der Waals surface area contributed by atoms with Gasteiger partial charge < -0.3 is 5.32 Å². The predicted molar refractivity (Wildman–Crippen MR) is 32.2 cm³/mol. The van der Waals surface area contributed by atoms with Crippen LogP contribution in [0.2, 0.25) is 0 Å². The largest absolute Gasteiger partial charge is 0.346 e. The summed E-state index contributed by atoms with van der Waals surface area (Å²) in [4.78, 5) is 0. The Kier molecular flexibility index (Phi) is 4.10. The van der Waals surface area contributed by atoms with Crippen molar-refractivity contribution in [3.8, 4) is 0 Å². The van der Waals surface area contributed by atoms with Crippen molar-refractivity contribution in [2.24, 2.45) is 0 Å². The van der Waals surface area contributed by atoms with Crippen LogP contribution < -0.4 is 5.32 Å². The van der Waals surface area contributed by atoms with Crippen LogP contribution in [0, 0.1) is 0 Å². The molecule has 1 heteroatoms. The monoisotopic (exact) mass is 102 g/mol. The molecule has 1 nitrogen and oxygen atoms in total. The molecule has 0 aromatic carbocycles. The smallest absolute Gasteiger partial charge is 0.0851 e. The van der Waals surface area contributed by atoms with Crippen molar-refractivity contribution in [2.45, 2.75) is 32.7 Å². The maximum absolute atomic E-state index is 2.28. The fourth-order valence-corrected chi connectivity index (χ4v) is 0.760. The average molecular weight is 102 g/mol. The summed E-state index contributed by atoms with van der Waals surface area (Å²) in [6.07, 6.45) is 2.60. The number of hydrogen-bond donors (Lipinski definition) is 1. The van der Waals surface area contributed by atoms with Crippen LogP contribution in [-0.4, -0.2) is 13.1 Å². The summed E-state index contributed by atoms with van der Waals surface area (Å²) in [5.74, 6) is 0. The molecule has 44 valence electrons. The Morgan fingerprint density at radius 3 is 1.71 bits per heavy atom. The molecule has 0 bridgehead atoms. The lowest BCUT2D eigenvalue weighted by Gasteiger charge is -2.04. The van der Waals surface area contributed by atoms with Gasteiger partial charge >= 0.3 is 0 Å². The fourth-order valence-electron chi connectivity index (χ4n) is 0.760. The molecule has 0 fully saturated rings. The maximum Gasteiger partial charge on any atom is 0.0851 e. The Hall–Kier alpha value is -0.0400. The first-order valence-electron chi connectivity index (χ1n) is 3.14. The van der Waals surface area contributed by atoms with Gasteiger partial charge in [-0.3, -0.25) is 0 Å². The van der Waals surface area contributed by atoms with Crippen molar-refractivity contribution < 1.29 is 5.32 Å². The van der Waals surface area contributed by atoms with Crippen molar-refractivity contribution >= 4 is 0 Å². The molecule has 0 rings (SSSR count). The first-order chi connectivity index (χ1) is 3.35. The average Bonchev–Trinajstić information content (AvgIpc) is 1.72. The highest BCUT2D eigenvalue weighted by molar-refractivity contribution is 4.43. The Bertz CT molecular complexity index is 25.7. The Morgan fingerprint density at radius 2 is 1.71 bits per heavy atom. The van der Waals surface area contributed by atoms with Gasteiger partial charge in [0.15, 0.2) is 0 Å². The van der Waals surface area contributed by atoms with Gasteiger partial charge in [-0.1, -0.05) is 13.8 Å². The molecule has 0 amide bonds. The zero-order chi connectivity index (χ0) is 5.70. The third-order valence-electron chi connectivity index (χ3n) is 1.52. The van der Waals surface area contributed by atoms with Crippen LogP contribution in [0.25, 0.3) is 0 Å². The molecule has 0 aromatic heterocycles. The lowest BCUT2D eigenvalue weighted by Crippen LogP contribution is -2.85. The van der Waals surface area contributed by atoms with Crippen molar-refractivity contribution in [3.05, 3.63) is 0 Å². The molecule has 0 saturated heterocycles. The minimum Gasteiger partial charge on any atom is -0.346 e. The number of nitrogens with two attached hydrogens (primary N) is 1. The van der Waals surface area contributed by atoms with Gasteiger partial charge in [0.1, 0.15) is 0 Å². The molecule has 0 radical (unpaired) electrons. The van der Waals surface area contributed by atoms with Gasteiger partial charge in [-0.15, -0.1) is 0 Å². The van der Waals surface area contributed by atoms with Gasteiger partial charge in [0.25, 0.3) is 0 Å². The summed E-state index contributed by atoms with van der Waals surface area (Å²) in [6, 6.07) is 0.861. The van der Waals surface area contributed by atoms with E-state index in [4.69, 9.17) is 0 Å². The number of quaternary nitrogens is 1. The molecule has 0 saturated carbocycles. The van der Waals surface area contributed by atoms with Crippen molar-refractivity contribution in [1.29, 1.82) is 0 Å². The quantitative estimate of drug-likeness (QED) is 0.530. The van der Waals surface area contributed by atoms with Crippen molar-refractivity contribution in [1.82, 2.24) is 0 Å². The van der Waals surface area contributed by atoms with Crippen LogP contribution in [0.4, 0.5) is 0 Å². The summed E-state index contributed by atoms with van der Waals surface area (Å²) in [5.41, 5.74) is 0. The van der Waals surface area contributed by atoms with Crippen LogP contribution in [-0.2, 0) is 0 Å². The van der Waals surface area contributed by atoms with Crippen molar-refractivity contribution in [2.75, 3.05) is 7.05 Å². The Balaban J connectivity index is 2.99. The number of hydrogen-bond acceptors (Lipinski definition) is 0. The lowest BCUT2D eigenvalue weighted by atomic mass is 10.2. The van der Waals surface area contributed by atoms with E-state index in [9.17, 15) is 0 Å². The van der Waals surface area contributed by atoms with E-state index in [1.165, 1.54) is 12.8 Å². The molecule has 0 unspecified atom stereocenters. The zero-order valence-electron chi connectivity index (χ0n) is 5.57. The minimum atomic E-state index is 0.861. The third kappa shape index (κ3) is 2.63. The Morgan fingerprint density at radius 1 is 1.29 bits per heavy atom. The highest BCUT2D eigenvalue weighted by Gasteiger charge is 1.98. The van der Waals surface area contributed by atoms with Gasteiger partial charge in [-0.05, 0) is 12.8 Å². The molecule has 0 atom stereocenters. The van der Waals surface area contributed by atoms with Gasteiger partial charge in [-0.2, -0.15) is 0 Å². The SMILES string of the molecule is CCC(CC)[NH2+]C. The van der Waals surface area contributed by atoms with E-state index in [-0.39, 0.29) is 0 Å². The van der Waals surface area contributed by atoms with Crippen LogP contribution in [0.15, 0.2) is 0 Å². The molecule has 0 aromatic rings. The third-order valence-corrected chi connectivity index (χ3v) is 1.52. The molecule has 2 N–H and O–H groups in total. The number of rotatable bonds is 3. The highest BCUT2D eigenvalue weighted by Crippen LogP contribution is 1.86. The van der Waals surface area contributed by atoms with E-state index < -0.39 is 0 Å².